The van der Waals surface area contributed by atoms with Crippen LogP contribution in [0.2, 0.25) is 0 Å². The quantitative estimate of drug-likeness (QED) is 0.753. The fourth-order valence-corrected chi connectivity index (χ4v) is 1.15. The number of aryl methyl sites for hydroxylation is 1. The third kappa shape index (κ3) is 4.30. The fourth-order valence-electron chi connectivity index (χ4n) is 1.15. The van der Waals surface area contributed by atoms with E-state index in [0.717, 1.165) is 5.56 Å². The topological polar surface area (TPSA) is 28.7 Å². The molecule has 1 N–H and O–H groups in total. The Bertz CT molecular complexity index is 347. The first-order valence-electron chi connectivity index (χ1n) is 5.92. The average Bonchev–Trinajstić information content (AvgIpc) is 2.89. The molecule has 0 amide bonds. The van der Waals surface area contributed by atoms with Gasteiger partial charge in [0.1, 0.15) is 0 Å². The number of nitrogens with zero attached hydrogens (tertiary/aromatic N) is 1. The first kappa shape index (κ1) is 14.4. The van der Waals surface area contributed by atoms with Crippen molar-refractivity contribution in [3.05, 3.63) is 42.2 Å². The Kier molecular flexibility index (Phi) is 7.86. The molecule has 0 saturated heterocycles. The summed E-state index contributed by atoms with van der Waals surface area (Å²) >= 11 is 0. The lowest BCUT2D eigenvalue weighted by Crippen LogP contribution is -1.74. The molecule has 0 bridgehead atoms. The first-order chi connectivity index (χ1) is 7.86. The molecule has 2 nitrogen and oxygen atoms in total. The van der Waals surface area contributed by atoms with E-state index in [-0.39, 0.29) is 0 Å². The predicted octanol–water partition coefficient (Wildman–Crippen LogP) is 4.44. The molecule has 2 rings (SSSR count). The molecule has 1 aromatic carbocycles. The van der Waals surface area contributed by atoms with Gasteiger partial charge >= 0.3 is 0 Å². The van der Waals surface area contributed by atoms with Gasteiger partial charge in [0.15, 0.2) is 0 Å². The second-order valence-corrected chi connectivity index (χ2v) is 2.85. The van der Waals surface area contributed by atoms with E-state index in [1.54, 1.807) is 0 Å². The summed E-state index contributed by atoms with van der Waals surface area (Å²) in [6, 6.07) is 8.39. The van der Waals surface area contributed by atoms with Gasteiger partial charge in [0.05, 0.1) is 6.20 Å². The first-order valence-corrected chi connectivity index (χ1v) is 5.92. The van der Waals surface area contributed by atoms with Gasteiger partial charge in [0.25, 0.3) is 0 Å². The lowest BCUT2D eigenvalue weighted by atomic mass is 10.1. The van der Waals surface area contributed by atoms with Crippen molar-refractivity contribution in [1.29, 1.82) is 0 Å². The number of H-pyrrole nitrogens is 1. The van der Waals surface area contributed by atoms with E-state index in [9.17, 15) is 0 Å². The van der Waals surface area contributed by atoms with Crippen molar-refractivity contribution < 1.29 is 0 Å². The van der Waals surface area contributed by atoms with E-state index in [1.165, 1.54) is 11.1 Å². The monoisotopic (exact) mass is 218 g/mol. The number of aromatic nitrogens is 2. The molecule has 0 saturated carbocycles. The molecular formula is C14H22N2. The molecule has 0 atom stereocenters. The van der Waals surface area contributed by atoms with Gasteiger partial charge in [-0.05, 0) is 12.5 Å². The van der Waals surface area contributed by atoms with E-state index >= 15 is 0 Å². The fraction of sp³-hybridized carbons (Fsp3) is 0.357. The molecule has 0 radical (unpaired) electrons. The molecule has 0 fully saturated rings. The van der Waals surface area contributed by atoms with Crippen LogP contribution in [0.4, 0.5) is 0 Å². The van der Waals surface area contributed by atoms with Gasteiger partial charge in [-0.25, -0.2) is 0 Å². The van der Waals surface area contributed by atoms with Crippen molar-refractivity contribution in [2.45, 2.75) is 34.6 Å². The van der Waals surface area contributed by atoms with E-state index in [0.29, 0.717) is 0 Å². The second kappa shape index (κ2) is 8.72. The number of aromatic amines is 1. The van der Waals surface area contributed by atoms with Crippen LogP contribution in [0.5, 0.6) is 0 Å². The summed E-state index contributed by atoms with van der Waals surface area (Å²) in [7, 11) is 0. The lowest BCUT2D eigenvalue weighted by Gasteiger charge is -1.96. The molecule has 1 heterocycles. The Balaban J connectivity index is 0.000000509. The molecule has 88 valence electrons. The van der Waals surface area contributed by atoms with Crippen molar-refractivity contribution in [2.75, 3.05) is 0 Å². The minimum Gasteiger partial charge on any atom is -0.285 e. The van der Waals surface area contributed by atoms with Crippen LogP contribution in [0.3, 0.4) is 0 Å². The van der Waals surface area contributed by atoms with Crippen LogP contribution in [0.1, 0.15) is 33.3 Å². The van der Waals surface area contributed by atoms with Crippen molar-refractivity contribution in [2.24, 2.45) is 0 Å². The summed E-state index contributed by atoms with van der Waals surface area (Å²) in [4.78, 5) is 0. The second-order valence-electron chi connectivity index (χ2n) is 2.85. The highest BCUT2D eigenvalue weighted by atomic mass is 15.1. The molecule has 2 heteroatoms. The third-order valence-corrected chi connectivity index (χ3v) is 1.88. The van der Waals surface area contributed by atoms with Crippen LogP contribution < -0.4 is 0 Å². The number of benzene rings is 1. The maximum atomic E-state index is 3.90. The number of nitrogens with one attached hydrogen (secondary N) is 1. The van der Waals surface area contributed by atoms with Crippen molar-refractivity contribution in [1.82, 2.24) is 10.2 Å². The Morgan fingerprint density at radius 3 is 1.88 bits per heavy atom. The SMILES string of the molecule is CC.CC.Cc1ccc(-c2cn[nH]c2)cc1. The van der Waals surface area contributed by atoms with Crippen LogP contribution >= 0.6 is 0 Å². The zero-order valence-corrected chi connectivity index (χ0v) is 10.9. The highest BCUT2D eigenvalue weighted by Crippen LogP contribution is 2.17. The van der Waals surface area contributed by atoms with Gasteiger partial charge in [-0.2, -0.15) is 5.10 Å². The highest BCUT2D eigenvalue weighted by Gasteiger charge is 1.95. The van der Waals surface area contributed by atoms with Crippen molar-refractivity contribution in [3.8, 4) is 11.1 Å². The van der Waals surface area contributed by atoms with E-state index in [1.807, 2.05) is 40.1 Å². The van der Waals surface area contributed by atoms with Gasteiger partial charge in [0.2, 0.25) is 0 Å². The van der Waals surface area contributed by atoms with Crippen molar-refractivity contribution in [3.63, 3.8) is 0 Å². The van der Waals surface area contributed by atoms with E-state index < -0.39 is 0 Å². The third-order valence-electron chi connectivity index (χ3n) is 1.88. The Hall–Kier alpha value is -1.57. The normalized spacial score (nSPS) is 8.31. The molecular weight excluding hydrogens is 196 g/mol. The maximum Gasteiger partial charge on any atom is 0.0565 e. The smallest absolute Gasteiger partial charge is 0.0565 e. The summed E-state index contributed by atoms with van der Waals surface area (Å²) in [6.07, 6.45) is 3.72. The van der Waals surface area contributed by atoms with Gasteiger partial charge < -0.3 is 0 Å². The maximum absolute atomic E-state index is 3.90. The molecule has 0 unspecified atom stereocenters. The zero-order valence-electron chi connectivity index (χ0n) is 10.9. The minimum absolute atomic E-state index is 1.13. The Labute approximate surface area is 98.7 Å². The molecule has 0 spiro atoms. The number of hydrogen-bond donors (Lipinski definition) is 1. The van der Waals surface area contributed by atoms with Crippen molar-refractivity contribution >= 4 is 0 Å². The lowest BCUT2D eigenvalue weighted by molar-refractivity contribution is 1.09. The molecule has 2 aromatic rings. The van der Waals surface area contributed by atoms with Gasteiger partial charge in [0, 0.05) is 11.8 Å². The molecule has 1 aromatic heterocycles. The zero-order chi connectivity index (χ0) is 12.4. The summed E-state index contributed by atoms with van der Waals surface area (Å²) in [5, 5.41) is 6.69. The Morgan fingerprint density at radius 2 is 1.44 bits per heavy atom. The average molecular weight is 218 g/mol. The molecule has 16 heavy (non-hydrogen) atoms. The summed E-state index contributed by atoms with van der Waals surface area (Å²) in [6.45, 7) is 10.1. The molecule has 0 aliphatic rings. The highest BCUT2D eigenvalue weighted by molar-refractivity contribution is 5.61. The van der Waals surface area contributed by atoms with Crippen LogP contribution in [-0.4, -0.2) is 10.2 Å². The van der Waals surface area contributed by atoms with E-state index in [2.05, 4.69) is 41.4 Å². The number of rotatable bonds is 1. The Morgan fingerprint density at radius 1 is 0.875 bits per heavy atom. The molecule has 0 aliphatic carbocycles. The molecule has 0 aliphatic heterocycles. The summed E-state index contributed by atoms with van der Waals surface area (Å²) in [5.41, 5.74) is 3.62. The largest absolute Gasteiger partial charge is 0.285 e. The number of hydrogen-bond acceptors (Lipinski definition) is 1. The van der Waals surface area contributed by atoms with Gasteiger partial charge in [-0.1, -0.05) is 57.5 Å². The summed E-state index contributed by atoms with van der Waals surface area (Å²) < 4.78 is 0. The summed E-state index contributed by atoms with van der Waals surface area (Å²) in [5.74, 6) is 0. The minimum atomic E-state index is 1.13. The van der Waals surface area contributed by atoms with Crippen LogP contribution in [0.25, 0.3) is 11.1 Å². The van der Waals surface area contributed by atoms with Gasteiger partial charge in [-0.3, -0.25) is 5.10 Å². The van der Waals surface area contributed by atoms with E-state index in [4.69, 9.17) is 0 Å². The van der Waals surface area contributed by atoms with Gasteiger partial charge in [-0.15, -0.1) is 0 Å². The van der Waals surface area contributed by atoms with Crippen LogP contribution in [0.15, 0.2) is 36.7 Å². The standard InChI is InChI=1S/C10H10N2.2C2H6/c1-8-2-4-9(5-3-8)10-6-11-12-7-10;2*1-2/h2-7H,1H3,(H,11,12);2*1-2H3. The predicted molar refractivity (Wildman–Crippen MR) is 71.5 cm³/mol. The van der Waals surface area contributed by atoms with Crippen LogP contribution in [-0.2, 0) is 0 Å². The van der Waals surface area contributed by atoms with Crippen LogP contribution in [0, 0.1) is 6.92 Å².